The number of hydrogen-bond acceptors (Lipinski definition) is 0. The van der Waals surface area contributed by atoms with E-state index in [0.29, 0.717) is 11.1 Å². The molecule has 8 aromatic carbocycles. The molecule has 0 fully saturated rings. The van der Waals surface area contributed by atoms with Crippen molar-refractivity contribution in [3.05, 3.63) is 217 Å². The van der Waals surface area contributed by atoms with Crippen molar-refractivity contribution in [1.29, 1.82) is 0 Å². The molecular weight excluding hydrogens is 681 g/mol. The Morgan fingerprint density at radius 2 is 0.472 bits per heavy atom. The zero-order chi connectivity index (χ0) is 36.4. The standard InChI is InChI=1S/C48H32F4Si/c49-43-13-7-14-44(50)47(43)37-21-29-41(30-22-37)53(39-25-17-35(18-26-39)33-9-3-1-4-10-33,40-27-19-36(20-28-40)34-11-5-2-6-12-34)42-31-23-38(24-32-42)48-45(51)15-8-16-46(48)52/h1-32H. The van der Waals surface area contributed by atoms with E-state index in [1.165, 1.54) is 36.4 Å². The molecule has 0 saturated carbocycles. The van der Waals surface area contributed by atoms with Crippen molar-refractivity contribution in [3.63, 3.8) is 0 Å². The molecule has 0 atom stereocenters. The summed E-state index contributed by atoms with van der Waals surface area (Å²) in [4.78, 5) is 0. The van der Waals surface area contributed by atoms with Gasteiger partial charge in [-0.2, -0.15) is 0 Å². The molecule has 0 bridgehead atoms. The summed E-state index contributed by atoms with van der Waals surface area (Å²) < 4.78 is 59.9. The fourth-order valence-electron chi connectivity index (χ4n) is 7.41. The van der Waals surface area contributed by atoms with Gasteiger partial charge in [-0.25, -0.2) is 17.6 Å². The van der Waals surface area contributed by atoms with Crippen LogP contribution in [0.4, 0.5) is 17.6 Å². The van der Waals surface area contributed by atoms with Crippen LogP contribution < -0.4 is 20.7 Å². The van der Waals surface area contributed by atoms with Crippen molar-refractivity contribution in [2.24, 2.45) is 0 Å². The fourth-order valence-corrected chi connectivity index (χ4v) is 12.1. The van der Waals surface area contributed by atoms with Crippen LogP contribution in [0.25, 0.3) is 44.5 Å². The molecule has 0 amide bonds. The van der Waals surface area contributed by atoms with E-state index < -0.39 is 31.3 Å². The quantitative estimate of drug-likeness (QED) is 0.0836. The molecule has 8 aromatic rings. The third kappa shape index (κ3) is 6.30. The molecule has 0 nitrogen and oxygen atoms in total. The molecular formula is C48H32F4Si. The van der Waals surface area contributed by atoms with Gasteiger partial charge in [0.1, 0.15) is 23.3 Å². The van der Waals surface area contributed by atoms with Crippen LogP contribution in [0.1, 0.15) is 0 Å². The monoisotopic (exact) mass is 712 g/mol. The largest absolute Gasteiger partial charge is 0.206 e. The Balaban J connectivity index is 1.37. The first-order valence-corrected chi connectivity index (χ1v) is 19.4. The molecule has 0 aromatic heterocycles. The second-order valence-electron chi connectivity index (χ2n) is 13.0. The Bertz CT molecular complexity index is 2280. The summed E-state index contributed by atoms with van der Waals surface area (Å²) in [6.45, 7) is 0. The first-order valence-electron chi connectivity index (χ1n) is 17.4. The molecule has 0 aliphatic heterocycles. The average Bonchev–Trinajstić information content (AvgIpc) is 3.20. The number of benzene rings is 8. The summed E-state index contributed by atoms with van der Waals surface area (Å²) >= 11 is 0. The van der Waals surface area contributed by atoms with Crippen LogP contribution in [0.5, 0.6) is 0 Å². The van der Waals surface area contributed by atoms with Gasteiger partial charge in [-0.3, -0.25) is 0 Å². The Morgan fingerprint density at radius 3 is 0.755 bits per heavy atom. The summed E-state index contributed by atoms with van der Waals surface area (Å²) in [5.41, 5.74) is 4.99. The summed E-state index contributed by atoms with van der Waals surface area (Å²) in [7, 11) is -3.22. The van der Waals surface area contributed by atoms with Gasteiger partial charge in [0, 0.05) is 0 Å². The third-order valence-corrected chi connectivity index (χ3v) is 14.8. The van der Waals surface area contributed by atoms with Crippen LogP contribution in [0, 0.1) is 23.3 Å². The maximum Gasteiger partial charge on any atom is 0.179 e. The van der Waals surface area contributed by atoms with E-state index in [1.54, 1.807) is 24.3 Å². The molecule has 0 heterocycles. The summed E-state index contributed by atoms with van der Waals surface area (Å²) in [5, 5.41) is 4.09. The Kier molecular flexibility index (Phi) is 9.17. The van der Waals surface area contributed by atoms with E-state index >= 15 is 0 Å². The lowest BCUT2D eigenvalue weighted by atomic mass is 10.0. The van der Waals surface area contributed by atoms with Crippen molar-refractivity contribution in [3.8, 4) is 44.5 Å². The van der Waals surface area contributed by atoms with Gasteiger partial charge in [0.15, 0.2) is 8.07 Å². The van der Waals surface area contributed by atoms with E-state index in [1.807, 2.05) is 60.7 Å². The molecule has 5 heteroatoms. The highest BCUT2D eigenvalue weighted by Gasteiger charge is 2.41. The molecule has 0 aliphatic carbocycles. The predicted octanol–water partition coefficient (Wildman–Crippen LogP) is 10.3. The molecule has 0 radical (unpaired) electrons. The Morgan fingerprint density at radius 1 is 0.226 bits per heavy atom. The molecule has 53 heavy (non-hydrogen) atoms. The minimum Gasteiger partial charge on any atom is -0.206 e. The lowest BCUT2D eigenvalue weighted by Gasteiger charge is -2.35. The van der Waals surface area contributed by atoms with Crippen molar-refractivity contribution >= 4 is 28.8 Å². The van der Waals surface area contributed by atoms with Crippen LogP contribution in [-0.4, -0.2) is 8.07 Å². The number of halogens is 4. The highest BCUT2D eigenvalue weighted by molar-refractivity contribution is 7.19. The van der Waals surface area contributed by atoms with Crippen LogP contribution >= 0.6 is 0 Å². The number of rotatable bonds is 8. The summed E-state index contributed by atoms with van der Waals surface area (Å²) in [5.74, 6) is -2.54. The lowest BCUT2D eigenvalue weighted by molar-refractivity contribution is 0.589. The van der Waals surface area contributed by atoms with Gasteiger partial charge < -0.3 is 0 Å². The van der Waals surface area contributed by atoms with Crippen molar-refractivity contribution < 1.29 is 17.6 Å². The van der Waals surface area contributed by atoms with Gasteiger partial charge in [0.2, 0.25) is 0 Å². The number of hydrogen-bond donors (Lipinski definition) is 0. The normalized spacial score (nSPS) is 11.4. The van der Waals surface area contributed by atoms with E-state index in [9.17, 15) is 17.6 Å². The van der Waals surface area contributed by atoms with Gasteiger partial charge in [-0.1, -0.05) is 170 Å². The lowest BCUT2D eigenvalue weighted by Crippen LogP contribution is -2.74. The van der Waals surface area contributed by atoms with Gasteiger partial charge in [0.25, 0.3) is 0 Å². The predicted molar refractivity (Wildman–Crippen MR) is 212 cm³/mol. The van der Waals surface area contributed by atoms with E-state index in [0.717, 1.165) is 43.0 Å². The van der Waals surface area contributed by atoms with Crippen LogP contribution in [0.2, 0.25) is 0 Å². The minimum absolute atomic E-state index is 0.0815. The Hall–Kier alpha value is -6.30. The summed E-state index contributed by atoms with van der Waals surface area (Å²) in [6, 6.07) is 60.2. The minimum atomic E-state index is -3.22. The average molecular weight is 713 g/mol. The molecule has 0 aliphatic rings. The van der Waals surface area contributed by atoms with Crippen LogP contribution in [0.3, 0.4) is 0 Å². The summed E-state index contributed by atoms with van der Waals surface area (Å²) in [6.07, 6.45) is 0. The molecule has 8 rings (SSSR count). The Labute approximate surface area is 307 Å². The van der Waals surface area contributed by atoms with E-state index in [-0.39, 0.29) is 11.1 Å². The SMILES string of the molecule is Fc1cccc(F)c1-c1ccc([Si](c2ccc(-c3ccccc3)cc2)(c2ccc(-c3ccccc3)cc2)c2ccc(-c3c(F)cccc3F)cc2)cc1. The zero-order valence-corrected chi connectivity index (χ0v) is 29.5. The molecule has 0 unspecified atom stereocenters. The topological polar surface area (TPSA) is 0 Å². The van der Waals surface area contributed by atoms with Gasteiger partial charge in [0.05, 0.1) is 11.1 Å². The highest BCUT2D eigenvalue weighted by Crippen LogP contribution is 2.28. The van der Waals surface area contributed by atoms with Gasteiger partial charge >= 0.3 is 0 Å². The van der Waals surface area contributed by atoms with Gasteiger partial charge in [-0.15, -0.1) is 0 Å². The molecule has 256 valence electrons. The molecule has 0 N–H and O–H groups in total. The molecule has 0 saturated heterocycles. The first-order chi connectivity index (χ1) is 25.9. The third-order valence-electron chi connectivity index (χ3n) is 9.99. The maximum absolute atomic E-state index is 15.0. The van der Waals surface area contributed by atoms with Crippen LogP contribution in [0.15, 0.2) is 194 Å². The first kappa shape index (κ1) is 33.8. The smallest absolute Gasteiger partial charge is 0.179 e. The second kappa shape index (κ2) is 14.4. The van der Waals surface area contributed by atoms with Gasteiger partial charge in [-0.05, 0) is 78.4 Å². The maximum atomic E-state index is 15.0. The van der Waals surface area contributed by atoms with Crippen LogP contribution in [-0.2, 0) is 0 Å². The van der Waals surface area contributed by atoms with E-state index in [2.05, 4.69) is 72.8 Å². The fraction of sp³-hybridized carbons (Fsp3) is 0. The molecule has 0 spiro atoms. The van der Waals surface area contributed by atoms with Crippen molar-refractivity contribution in [2.45, 2.75) is 0 Å². The van der Waals surface area contributed by atoms with Crippen molar-refractivity contribution in [2.75, 3.05) is 0 Å². The van der Waals surface area contributed by atoms with Crippen molar-refractivity contribution in [1.82, 2.24) is 0 Å². The highest BCUT2D eigenvalue weighted by atomic mass is 28.3. The van der Waals surface area contributed by atoms with E-state index in [4.69, 9.17) is 0 Å². The zero-order valence-electron chi connectivity index (χ0n) is 28.5. The second-order valence-corrected chi connectivity index (χ2v) is 16.8.